The Morgan fingerprint density at radius 3 is 2.75 bits per heavy atom. The number of amides is 3. The van der Waals surface area contributed by atoms with Gasteiger partial charge in [0.25, 0.3) is 0 Å². The highest BCUT2D eigenvalue weighted by Gasteiger charge is 2.53. The Kier molecular flexibility index (Phi) is 3.31. The Morgan fingerprint density at radius 1 is 1.75 bits per heavy atom. The van der Waals surface area contributed by atoms with Gasteiger partial charge in [0.05, 0.1) is 0 Å². The molecule has 2 atom stereocenters. The van der Waals surface area contributed by atoms with Gasteiger partial charge in [0, 0.05) is 6.42 Å². The van der Waals surface area contributed by atoms with Crippen molar-refractivity contribution in [2.75, 3.05) is 0 Å². The van der Waals surface area contributed by atoms with Crippen LogP contribution in [0.15, 0.2) is 12.7 Å². The van der Waals surface area contributed by atoms with E-state index < -0.39 is 23.3 Å². The lowest BCUT2D eigenvalue weighted by atomic mass is 9.80. The quantitative estimate of drug-likeness (QED) is 0.404. The van der Waals surface area contributed by atoms with E-state index in [1.54, 1.807) is 6.92 Å². The fourth-order valence-corrected chi connectivity index (χ4v) is 1.83. The molecule has 3 amide bonds. The Labute approximate surface area is 92.8 Å². The van der Waals surface area contributed by atoms with Gasteiger partial charge >= 0.3 is 12.0 Å². The van der Waals surface area contributed by atoms with Crippen molar-refractivity contribution in [2.45, 2.75) is 25.9 Å². The van der Waals surface area contributed by atoms with Gasteiger partial charge in [0.2, 0.25) is 5.91 Å². The molecule has 0 unspecified atom stereocenters. The van der Waals surface area contributed by atoms with Crippen molar-refractivity contribution < 1.29 is 19.1 Å². The first kappa shape index (κ1) is 12.2. The molecule has 6 nitrogen and oxygen atoms in total. The molecule has 6 heteroatoms. The summed E-state index contributed by atoms with van der Waals surface area (Å²) in [6.45, 7) is 5.17. The molecule has 0 aromatic rings. The summed E-state index contributed by atoms with van der Waals surface area (Å²) < 4.78 is 4.93. The van der Waals surface area contributed by atoms with Gasteiger partial charge in [-0.3, -0.25) is 14.9 Å². The van der Waals surface area contributed by atoms with Crippen LogP contribution < -0.4 is 11.1 Å². The van der Waals surface area contributed by atoms with Crippen LogP contribution in [0, 0.1) is 5.41 Å². The van der Waals surface area contributed by atoms with E-state index in [9.17, 15) is 14.4 Å². The molecule has 1 aliphatic heterocycles. The van der Waals surface area contributed by atoms with Gasteiger partial charge in [-0.15, -0.1) is 6.58 Å². The zero-order valence-corrected chi connectivity index (χ0v) is 8.99. The van der Waals surface area contributed by atoms with Crippen LogP contribution in [-0.2, 0) is 14.3 Å². The van der Waals surface area contributed by atoms with E-state index in [0.717, 1.165) is 0 Å². The monoisotopic (exact) mass is 226 g/mol. The molecule has 0 aromatic carbocycles. The predicted molar refractivity (Wildman–Crippen MR) is 55.1 cm³/mol. The first-order valence-electron chi connectivity index (χ1n) is 4.85. The third-order valence-corrected chi connectivity index (χ3v) is 2.50. The smallest absolute Gasteiger partial charge is 0.322 e. The van der Waals surface area contributed by atoms with Crippen LogP contribution in [0.2, 0.25) is 0 Å². The number of primary amides is 1. The molecule has 1 saturated heterocycles. The Bertz CT molecular complexity index is 353. The van der Waals surface area contributed by atoms with Crippen molar-refractivity contribution in [3.05, 3.63) is 12.7 Å². The van der Waals surface area contributed by atoms with Crippen LogP contribution in [0.25, 0.3) is 0 Å². The number of urea groups is 1. The summed E-state index contributed by atoms with van der Waals surface area (Å²) in [4.78, 5) is 34.0. The number of hydrogen-bond acceptors (Lipinski definition) is 4. The molecule has 0 spiro atoms. The Hall–Kier alpha value is -1.85. The fraction of sp³-hybridized carbons (Fsp3) is 0.500. The molecule has 3 N–H and O–H groups in total. The maximum Gasteiger partial charge on any atom is 0.322 e. The van der Waals surface area contributed by atoms with Gasteiger partial charge in [-0.05, 0) is 13.3 Å². The highest BCUT2D eigenvalue weighted by atomic mass is 16.6. The van der Waals surface area contributed by atoms with Crippen LogP contribution in [0.3, 0.4) is 0 Å². The predicted octanol–water partition coefficient (Wildman–Crippen LogP) is 0.0792. The maximum absolute atomic E-state index is 11.8. The van der Waals surface area contributed by atoms with Gasteiger partial charge < -0.3 is 10.5 Å². The number of hydrogen-bond donors (Lipinski definition) is 2. The SMILES string of the molecule is C=CC[C@@]1(C(=O)NC(N)=O)C[C@H](C)OC1=O. The number of carbonyl (C=O) groups is 3. The first-order chi connectivity index (χ1) is 7.42. The fourth-order valence-electron chi connectivity index (χ4n) is 1.83. The number of imide groups is 1. The molecule has 1 heterocycles. The van der Waals surface area contributed by atoms with Gasteiger partial charge in [-0.1, -0.05) is 6.08 Å². The summed E-state index contributed by atoms with van der Waals surface area (Å²) in [5, 5.41) is 1.91. The minimum atomic E-state index is -1.36. The van der Waals surface area contributed by atoms with Crippen molar-refractivity contribution in [3.63, 3.8) is 0 Å². The van der Waals surface area contributed by atoms with E-state index in [1.165, 1.54) is 6.08 Å². The number of nitrogens with one attached hydrogen (secondary N) is 1. The van der Waals surface area contributed by atoms with Crippen molar-refractivity contribution in [1.82, 2.24) is 5.32 Å². The molecule has 1 aliphatic rings. The summed E-state index contributed by atoms with van der Waals surface area (Å²) >= 11 is 0. The zero-order valence-electron chi connectivity index (χ0n) is 8.99. The molecule has 16 heavy (non-hydrogen) atoms. The van der Waals surface area contributed by atoms with Crippen LogP contribution >= 0.6 is 0 Å². The van der Waals surface area contributed by atoms with Crippen LogP contribution in [0.5, 0.6) is 0 Å². The van der Waals surface area contributed by atoms with Gasteiger partial charge in [0.1, 0.15) is 6.10 Å². The summed E-state index contributed by atoms with van der Waals surface area (Å²) in [7, 11) is 0. The highest BCUT2D eigenvalue weighted by Crippen LogP contribution is 2.37. The standard InChI is InChI=1S/C10H14N2O4/c1-3-4-10(7(13)12-9(11)15)5-6(2)16-8(10)14/h3,6H,1,4-5H2,2H3,(H3,11,12,13,15)/t6-,10-/m0/s1. The average molecular weight is 226 g/mol. The summed E-state index contributed by atoms with van der Waals surface area (Å²) in [5.41, 5.74) is 3.48. The number of esters is 1. The summed E-state index contributed by atoms with van der Waals surface area (Å²) in [6.07, 6.45) is 1.43. The van der Waals surface area contributed by atoms with E-state index >= 15 is 0 Å². The number of cyclic esters (lactones) is 1. The minimum absolute atomic E-state index is 0.120. The topological polar surface area (TPSA) is 98.5 Å². The molecule has 1 rings (SSSR count). The first-order valence-corrected chi connectivity index (χ1v) is 4.85. The third kappa shape index (κ3) is 2.05. The van der Waals surface area contributed by atoms with Crippen LogP contribution in [0.4, 0.5) is 4.79 Å². The van der Waals surface area contributed by atoms with Gasteiger partial charge in [0.15, 0.2) is 5.41 Å². The van der Waals surface area contributed by atoms with Crippen molar-refractivity contribution in [3.8, 4) is 0 Å². The second kappa shape index (κ2) is 4.34. The van der Waals surface area contributed by atoms with E-state index in [-0.39, 0.29) is 18.9 Å². The lowest BCUT2D eigenvalue weighted by molar-refractivity contribution is -0.152. The maximum atomic E-state index is 11.8. The van der Waals surface area contributed by atoms with E-state index in [4.69, 9.17) is 10.5 Å². The van der Waals surface area contributed by atoms with Crippen molar-refractivity contribution in [1.29, 1.82) is 0 Å². The van der Waals surface area contributed by atoms with Gasteiger partial charge in [-0.25, -0.2) is 4.79 Å². The summed E-state index contributed by atoms with van der Waals surface area (Å²) in [6, 6.07) is -0.985. The third-order valence-electron chi connectivity index (χ3n) is 2.50. The van der Waals surface area contributed by atoms with Crippen LogP contribution in [0.1, 0.15) is 19.8 Å². The molecule has 0 radical (unpaired) electrons. The molecule has 0 aliphatic carbocycles. The van der Waals surface area contributed by atoms with E-state index in [0.29, 0.717) is 0 Å². The number of nitrogens with two attached hydrogens (primary N) is 1. The number of rotatable bonds is 3. The Morgan fingerprint density at radius 2 is 2.38 bits per heavy atom. The van der Waals surface area contributed by atoms with Crippen LogP contribution in [-0.4, -0.2) is 24.0 Å². The number of ether oxygens (including phenoxy) is 1. The molecular formula is C10H14N2O4. The second-order valence-electron chi connectivity index (χ2n) is 3.81. The molecular weight excluding hydrogens is 212 g/mol. The lowest BCUT2D eigenvalue weighted by Crippen LogP contribution is -2.48. The molecule has 0 bridgehead atoms. The minimum Gasteiger partial charge on any atom is -0.462 e. The number of allylic oxidation sites excluding steroid dienone is 1. The zero-order chi connectivity index (χ0) is 12.3. The lowest BCUT2D eigenvalue weighted by Gasteiger charge is -2.20. The normalized spacial score (nSPS) is 28.3. The molecule has 0 saturated carbocycles. The molecule has 88 valence electrons. The van der Waals surface area contributed by atoms with Crippen molar-refractivity contribution in [2.24, 2.45) is 11.1 Å². The van der Waals surface area contributed by atoms with Crippen molar-refractivity contribution >= 4 is 17.9 Å². The van der Waals surface area contributed by atoms with Gasteiger partial charge in [-0.2, -0.15) is 0 Å². The molecule has 0 aromatic heterocycles. The largest absolute Gasteiger partial charge is 0.462 e. The summed E-state index contributed by atoms with van der Waals surface area (Å²) in [5.74, 6) is -1.37. The molecule has 1 fully saturated rings. The highest BCUT2D eigenvalue weighted by molar-refractivity contribution is 6.09. The average Bonchev–Trinajstić information content (AvgIpc) is 2.42. The second-order valence-corrected chi connectivity index (χ2v) is 3.81. The Balaban J connectivity index is 2.97. The van der Waals surface area contributed by atoms with E-state index in [2.05, 4.69) is 6.58 Å². The van der Waals surface area contributed by atoms with E-state index in [1.807, 2.05) is 5.32 Å². The number of carbonyl (C=O) groups excluding carboxylic acids is 3.